The summed E-state index contributed by atoms with van der Waals surface area (Å²) < 4.78 is 0. The molecule has 3 nitrogen and oxygen atoms in total. The van der Waals surface area contributed by atoms with E-state index in [0.717, 1.165) is 24.6 Å². The molecular formula is C16H22N2O. The topological polar surface area (TPSA) is 32.3 Å². The molecule has 102 valence electrons. The van der Waals surface area contributed by atoms with Gasteiger partial charge in [-0.2, -0.15) is 0 Å². The number of hydrogen-bond acceptors (Lipinski definition) is 2. The number of amides is 1. The molecule has 1 aromatic carbocycles. The van der Waals surface area contributed by atoms with E-state index in [0.29, 0.717) is 6.04 Å². The molecule has 0 spiro atoms. The van der Waals surface area contributed by atoms with Crippen molar-refractivity contribution in [1.82, 2.24) is 0 Å². The van der Waals surface area contributed by atoms with Crippen molar-refractivity contribution in [2.24, 2.45) is 5.92 Å². The summed E-state index contributed by atoms with van der Waals surface area (Å²) >= 11 is 0. The second kappa shape index (κ2) is 4.87. The molecule has 3 rings (SSSR count). The first kappa shape index (κ1) is 12.5. The fourth-order valence-corrected chi connectivity index (χ4v) is 3.39. The zero-order valence-corrected chi connectivity index (χ0v) is 11.8. The number of hydrogen-bond donors (Lipinski definition) is 1. The third-order valence-corrected chi connectivity index (χ3v) is 4.42. The van der Waals surface area contributed by atoms with Crippen LogP contribution in [0.3, 0.4) is 0 Å². The third-order valence-electron chi connectivity index (χ3n) is 4.42. The number of carbonyl (C=O) groups is 1. The molecular weight excluding hydrogens is 236 g/mol. The minimum absolute atomic E-state index is 0.143. The van der Waals surface area contributed by atoms with E-state index in [1.165, 1.54) is 30.5 Å². The summed E-state index contributed by atoms with van der Waals surface area (Å²) in [5.74, 6) is 0.990. The first-order valence-corrected chi connectivity index (χ1v) is 7.31. The van der Waals surface area contributed by atoms with Gasteiger partial charge in [-0.05, 0) is 55.4 Å². The van der Waals surface area contributed by atoms with Crippen LogP contribution in [0.5, 0.6) is 0 Å². The van der Waals surface area contributed by atoms with Crippen LogP contribution >= 0.6 is 0 Å². The van der Waals surface area contributed by atoms with Gasteiger partial charge in [0.2, 0.25) is 5.91 Å². The standard InChI is InChI=1S/C16H22N2O/c1-11-3-4-14(9-11)17-15-5-6-16-13(10-15)7-8-18(16)12(2)19/h5-6,10-11,14,17H,3-4,7-9H2,1-2H3. The van der Waals surface area contributed by atoms with Gasteiger partial charge in [-0.3, -0.25) is 4.79 Å². The van der Waals surface area contributed by atoms with Crippen molar-refractivity contribution in [3.05, 3.63) is 23.8 Å². The van der Waals surface area contributed by atoms with E-state index in [1.807, 2.05) is 4.90 Å². The highest BCUT2D eigenvalue weighted by Crippen LogP contribution is 2.32. The zero-order chi connectivity index (χ0) is 13.4. The van der Waals surface area contributed by atoms with Crippen LogP contribution in [0, 0.1) is 5.92 Å². The molecule has 0 aromatic heterocycles. The highest BCUT2D eigenvalue weighted by Gasteiger charge is 2.24. The number of carbonyl (C=O) groups excluding carboxylic acids is 1. The van der Waals surface area contributed by atoms with Crippen molar-refractivity contribution in [3.63, 3.8) is 0 Å². The Hall–Kier alpha value is -1.51. The number of anilines is 2. The highest BCUT2D eigenvalue weighted by molar-refractivity contribution is 5.94. The van der Waals surface area contributed by atoms with Crippen molar-refractivity contribution < 1.29 is 4.79 Å². The van der Waals surface area contributed by atoms with Gasteiger partial charge in [-0.15, -0.1) is 0 Å². The first-order chi connectivity index (χ1) is 9.13. The van der Waals surface area contributed by atoms with Crippen LogP contribution in [-0.4, -0.2) is 18.5 Å². The molecule has 1 aliphatic heterocycles. The molecule has 2 atom stereocenters. The summed E-state index contributed by atoms with van der Waals surface area (Å²) in [6, 6.07) is 7.05. The molecule has 1 heterocycles. The van der Waals surface area contributed by atoms with Crippen LogP contribution in [0.25, 0.3) is 0 Å². The fraction of sp³-hybridized carbons (Fsp3) is 0.562. The van der Waals surface area contributed by atoms with Crippen molar-refractivity contribution in [1.29, 1.82) is 0 Å². The normalized spacial score (nSPS) is 25.5. The number of fused-ring (bicyclic) bond motifs is 1. The van der Waals surface area contributed by atoms with Crippen LogP contribution in [-0.2, 0) is 11.2 Å². The summed E-state index contributed by atoms with van der Waals surface area (Å²) in [6.45, 7) is 4.80. The van der Waals surface area contributed by atoms with Crippen LogP contribution in [0.2, 0.25) is 0 Å². The molecule has 1 aliphatic carbocycles. The predicted octanol–water partition coefficient (Wildman–Crippen LogP) is 3.20. The summed E-state index contributed by atoms with van der Waals surface area (Å²) in [5.41, 5.74) is 3.60. The molecule has 1 amide bonds. The van der Waals surface area contributed by atoms with Gasteiger partial charge < -0.3 is 10.2 Å². The molecule has 1 N–H and O–H groups in total. The molecule has 3 heteroatoms. The minimum Gasteiger partial charge on any atom is -0.382 e. The van der Waals surface area contributed by atoms with Gasteiger partial charge >= 0.3 is 0 Å². The molecule has 1 saturated carbocycles. The highest BCUT2D eigenvalue weighted by atomic mass is 16.2. The number of nitrogens with zero attached hydrogens (tertiary/aromatic N) is 1. The van der Waals surface area contributed by atoms with E-state index < -0.39 is 0 Å². The molecule has 1 fully saturated rings. The van der Waals surface area contributed by atoms with E-state index in [4.69, 9.17) is 0 Å². The van der Waals surface area contributed by atoms with Crippen LogP contribution < -0.4 is 10.2 Å². The number of nitrogens with one attached hydrogen (secondary N) is 1. The largest absolute Gasteiger partial charge is 0.382 e. The quantitative estimate of drug-likeness (QED) is 0.883. The van der Waals surface area contributed by atoms with Crippen molar-refractivity contribution in [3.8, 4) is 0 Å². The second-order valence-corrected chi connectivity index (χ2v) is 6.02. The van der Waals surface area contributed by atoms with Gasteiger partial charge in [-0.1, -0.05) is 6.92 Å². The Morgan fingerprint density at radius 1 is 1.37 bits per heavy atom. The van der Waals surface area contributed by atoms with Crippen LogP contribution in [0.15, 0.2) is 18.2 Å². The smallest absolute Gasteiger partial charge is 0.223 e. The summed E-state index contributed by atoms with van der Waals surface area (Å²) in [4.78, 5) is 13.4. The SMILES string of the molecule is CC(=O)N1CCc2cc(NC3CCC(C)C3)ccc21. The summed E-state index contributed by atoms with van der Waals surface area (Å²) in [5, 5.41) is 3.64. The molecule has 0 saturated heterocycles. The van der Waals surface area contributed by atoms with E-state index in [1.54, 1.807) is 6.92 Å². The maximum Gasteiger partial charge on any atom is 0.223 e. The zero-order valence-electron chi connectivity index (χ0n) is 11.8. The molecule has 2 aliphatic rings. The van der Waals surface area contributed by atoms with E-state index >= 15 is 0 Å². The lowest BCUT2D eigenvalue weighted by molar-refractivity contribution is -0.116. The monoisotopic (exact) mass is 258 g/mol. The van der Waals surface area contributed by atoms with Gasteiger partial charge in [0, 0.05) is 30.9 Å². The average molecular weight is 258 g/mol. The second-order valence-electron chi connectivity index (χ2n) is 6.02. The maximum atomic E-state index is 11.5. The van der Waals surface area contributed by atoms with Crippen LogP contribution in [0.4, 0.5) is 11.4 Å². The summed E-state index contributed by atoms with van der Waals surface area (Å²) in [6.07, 6.45) is 4.86. The maximum absolute atomic E-state index is 11.5. The molecule has 0 radical (unpaired) electrons. The van der Waals surface area contributed by atoms with Gasteiger partial charge in [0.1, 0.15) is 0 Å². The summed E-state index contributed by atoms with van der Waals surface area (Å²) in [7, 11) is 0. The van der Waals surface area contributed by atoms with Gasteiger partial charge in [0.25, 0.3) is 0 Å². The van der Waals surface area contributed by atoms with Crippen LogP contribution in [0.1, 0.15) is 38.7 Å². The Kier molecular flexibility index (Phi) is 3.21. The lowest BCUT2D eigenvalue weighted by Crippen LogP contribution is -2.25. The minimum atomic E-state index is 0.143. The molecule has 2 unspecified atom stereocenters. The average Bonchev–Trinajstić information content (AvgIpc) is 2.95. The van der Waals surface area contributed by atoms with E-state index in [2.05, 4.69) is 30.4 Å². The molecule has 0 bridgehead atoms. The Balaban J connectivity index is 1.74. The first-order valence-electron chi connectivity index (χ1n) is 7.31. The van der Waals surface area contributed by atoms with Gasteiger partial charge in [0.15, 0.2) is 0 Å². The Labute approximate surface area is 115 Å². The van der Waals surface area contributed by atoms with E-state index in [-0.39, 0.29) is 5.91 Å². The number of benzene rings is 1. The molecule has 1 aromatic rings. The third kappa shape index (κ3) is 2.46. The van der Waals surface area contributed by atoms with Gasteiger partial charge in [-0.25, -0.2) is 0 Å². The Morgan fingerprint density at radius 2 is 2.21 bits per heavy atom. The molecule has 19 heavy (non-hydrogen) atoms. The van der Waals surface area contributed by atoms with Crippen molar-refractivity contribution >= 4 is 17.3 Å². The van der Waals surface area contributed by atoms with Crippen molar-refractivity contribution in [2.75, 3.05) is 16.8 Å². The lowest BCUT2D eigenvalue weighted by atomic mass is 10.1. The fourth-order valence-electron chi connectivity index (χ4n) is 3.39. The van der Waals surface area contributed by atoms with Gasteiger partial charge in [0.05, 0.1) is 0 Å². The van der Waals surface area contributed by atoms with Crippen molar-refractivity contribution in [2.45, 2.75) is 45.6 Å². The lowest BCUT2D eigenvalue weighted by Gasteiger charge is -2.17. The Bertz CT molecular complexity index is 498. The predicted molar refractivity (Wildman–Crippen MR) is 78.6 cm³/mol. The van der Waals surface area contributed by atoms with E-state index in [9.17, 15) is 4.79 Å². The Morgan fingerprint density at radius 3 is 2.89 bits per heavy atom. The number of rotatable bonds is 2.